The van der Waals surface area contributed by atoms with Crippen LogP contribution in [0.3, 0.4) is 0 Å². The van der Waals surface area contributed by atoms with E-state index in [4.69, 9.17) is 11.6 Å². The molecule has 1 fully saturated rings. The number of piperidine rings is 1. The van der Waals surface area contributed by atoms with Crippen LogP contribution in [0.4, 0.5) is 4.39 Å². The van der Waals surface area contributed by atoms with Crippen molar-refractivity contribution < 1.29 is 4.39 Å². The summed E-state index contributed by atoms with van der Waals surface area (Å²) in [5.41, 5.74) is 0.878. The van der Waals surface area contributed by atoms with Crippen molar-refractivity contribution in [3.63, 3.8) is 0 Å². The van der Waals surface area contributed by atoms with Crippen LogP contribution in [0.25, 0.3) is 0 Å². The summed E-state index contributed by atoms with van der Waals surface area (Å²) in [5, 5.41) is 3.95. The van der Waals surface area contributed by atoms with Crippen molar-refractivity contribution in [1.29, 1.82) is 0 Å². The van der Waals surface area contributed by atoms with E-state index in [0.29, 0.717) is 11.1 Å². The first-order chi connectivity index (χ1) is 8.19. The molecule has 17 heavy (non-hydrogen) atoms. The van der Waals surface area contributed by atoms with Crippen LogP contribution in [0.1, 0.15) is 18.4 Å². The predicted octanol–water partition coefficient (Wildman–Crippen LogP) is 2.66. The summed E-state index contributed by atoms with van der Waals surface area (Å²) < 4.78 is 13.2. The Balaban J connectivity index is 2.02. The average molecular weight is 257 g/mol. The molecule has 1 aromatic rings. The van der Waals surface area contributed by atoms with Crippen molar-refractivity contribution in [2.45, 2.75) is 25.4 Å². The number of nitrogens with one attached hydrogen (secondary N) is 1. The van der Waals surface area contributed by atoms with Crippen LogP contribution in [0, 0.1) is 5.82 Å². The second kappa shape index (κ2) is 5.80. The Kier molecular flexibility index (Phi) is 4.37. The molecule has 1 aliphatic heterocycles. The van der Waals surface area contributed by atoms with Gasteiger partial charge in [0.1, 0.15) is 5.82 Å². The number of nitrogens with zero attached hydrogens (tertiary/aromatic N) is 1. The molecule has 1 heterocycles. The molecule has 0 amide bonds. The van der Waals surface area contributed by atoms with Crippen molar-refractivity contribution in [1.82, 2.24) is 10.2 Å². The summed E-state index contributed by atoms with van der Waals surface area (Å²) in [6.07, 6.45) is 2.39. The quantitative estimate of drug-likeness (QED) is 0.895. The number of halogens is 2. The van der Waals surface area contributed by atoms with Gasteiger partial charge in [-0.05, 0) is 50.2 Å². The molecule has 0 aliphatic carbocycles. The van der Waals surface area contributed by atoms with Gasteiger partial charge in [-0.1, -0.05) is 11.6 Å². The first-order valence-electron chi connectivity index (χ1n) is 6.02. The van der Waals surface area contributed by atoms with Crippen LogP contribution in [-0.4, -0.2) is 31.1 Å². The highest BCUT2D eigenvalue weighted by molar-refractivity contribution is 6.31. The Hall–Kier alpha value is -0.640. The molecule has 2 nitrogen and oxygen atoms in total. The van der Waals surface area contributed by atoms with Gasteiger partial charge in [-0.2, -0.15) is 0 Å². The molecule has 1 atom stereocenters. The predicted molar refractivity (Wildman–Crippen MR) is 68.8 cm³/mol. The molecule has 0 bridgehead atoms. The van der Waals surface area contributed by atoms with Gasteiger partial charge in [-0.25, -0.2) is 4.39 Å². The van der Waals surface area contributed by atoms with Gasteiger partial charge in [0.05, 0.1) is 0 Å². The van der Waals surface area contributed by atoms with E-state index in [1.165, 1.54) is 25.0 Å². The summed E-state index contributed by atoms with van der Waals surface area (Å²) in [6, 6.07) is 5.10. The number of rotatable bonds is 3. The fourth-order valence-electron chi connectivity index (χ4n) is 2.34. The Labute approximate surface area is 107 Å². The van der Waals surface area contributed by atoms with Crippen molar-refractivity contribution in [3.05, 3.63) is 34.6 Å². The van der Waals surface area contributed by atoms with Crippen LogP contribution < -0.4 is 5.32 Å². The maximum absolute atomic E-state index is 13.2. The van der Waals surface area contributed by atoms with Crippen molar-refractivity contribution in [2.75, 3.05) is 20.1 Å². The van der Waals surface area contributed by atoms with E-state index in [1.54, 1.807) is 6.07 Å². The van der Waals surface area contributed by atoms with Gasteiger partial charge in [0.15, 0.2) is 0 Å². The van der Waals surface area contributed by atoms with Crippen LogP contribution in [-0.2, 0) is 6.54 Å². The van der Waals surface area contributed by atoms with Gasteiger partial charge in [0.2, 0.25) is 0 Å². The van der Waals surface area contributed by atoms with Gasteiger partial charge in [0, 0.05) is 24.2 Å². The maximum atomic E-state index is 13.2. The lowest BCUT2D eigenvalue weighted by Gasteiger charge is -2.32. The molecular weight excluding hydrogens is 239 g/mol. The molecule has 1 unspecified atom stereocenters. The third-order valence-electron chi connectivity index (χ3n) is 3.32. The Morgan fingerprint density at radius 3 is 3.12 bits per heavy atom. The SMILES string of the molecule is CNC1CCCN(Cc2cc(F)ccc2Cl)C1. The van der Waals surface area contributed by atoms with Crippen molar-refractivity contribution >= 4 is 11.6 Å². The Morgan fingerprint density at radius 1 is 1.53 bits per heavy atom. The zero-order chi connectivity index (χ0) is 12.3. The zero-order valence-electron chi connectivity index (χ0n) is 10.0. The normalized spacial score (nSPS) is 21.7. The highest BCUT2D eigenvalue weighted by Crippen LogP contribution is 2.21. The lowest BCUT2D eigenvalue weighted by atomic mass is 10.1. The largest absolute Gasteiger partial charge is 0.316 e. The summed E-state index contributed by atoms with van der Waals surface area (Å²) in [4.78, 5) is 2.32. The van der Waals surface area contributed by atoms with Crippen LogP contribution in [0.5, 0.6) is 0 Å². The van der Waals surface area contributed by atoms with E-state index >= 15 is 0 Å². The van der Waals surface area contributed by atoms with E-state index in [9.17, 15) is 4.39 Å². The second-order valence-corrected chi connectivity index (χ2v) is 5.01. The number of likely N-dealkylation sites (tertiary alicyclic amines) is 1. The second-order valence-electron chi connectivity index (χ2n) is 4.60. The van der Waals surface area contributed by atoms with Gasteiger partial charge < -0.3 is 5.32 Å². The molecule has 1 saturated heterocycles. The molecule has 1 aliphatic rings. The number of likely N-dealkylation sites (N-methyl/N-ethyl adjacent to an activating group) is 1. The Bertz CT molecular complexity index is 384. The average Bonchev–Trinajstić information content (AvgIpc) is 2.34. The highest BCUT2D eigenvalue weighted by Gasteiger charge is 2.19. The smallest absolute Gasteiger partial charge is 0.123 e. The molecule has 1 N–H and O–H groups in total. The van der Waals surface area contributed by atoms with E-state index in [1.807, 2.05) is 7.05 Å². The maximum Gasteiger partial charge on any atom is 0.123 e. The number of hydrogen-bond donors (Lipinski definition) is 1. The molecule has 0 aromatic heterocycles. The van der Waals surface area contributed by atoms with Gasteiger partial charge in [-0.3, -0.25) is 4.90 Å². The van der Waals surface area contributed by atoms with Gasteiger partial charge in [-0.15, -0.1) is 0 Å². The molecule has 4 heteroatoms. The summed E-state index contributed by atoms with van der Waals surface area (Å²) >= 11 is 6.08. The fraction of sp³-hybridized carbons (Fsp3) is 0.538. The molecule has 1 aromatic carbocycles. The first-order valence-corrected chi connectivity index (χ1v) is 6.40. The van der Waals surface area contributed by atoms with Crippen molar-refractivity contribution in [2.24, 2.45) is 0 Å². The third-order valence-corrected chi connectivity index (χ3v) is 3.68. The van der Waals surface area contributed by atoms with Crippen LogP contribution in [0.15, 0.2) is 18.2 Å². The molecular formula is C13H18ClFN2. The molecule has 2 rings (SSSR count). The molecule has 0 saturated carbocycles. The zero-order valence-corrected chi connectivity index (χ0v) is 10.8. The van der Waals surface area contributed by atoms with E-state index in [0.717, 1.165) is 25.2 Å². The molecule has 94 valence electrons. The van der Waals surface area contributed by atoms with Crippen LogP contribution >= 0.6 is 11.6 Å². The monoisotopic (exact) mass is 256 g/mol. The third kappa shape index (κ3) is 3.41. The standard InChI is InChI=1S/C13H18ClFN2/c1-16-12-3-2-6-17(9-12)8-10-7-11(15)4-5-13(10)14/h4-5,7,12,16H,2-3,6,8-9H2,1H3. The van der Waals surface area contributed by atoms with E-state index in [2.05, 4.69) is 10.2 Å². The van der Waals surface area contributed by atoms with E-state index in [-0.39, 0.29) is 5.82 Å². The van der Waals surface area contributed by atoms with E-state index < -0.39 is 0 Å². The lowest BCUT2D eigenvalue weighted by molar-refractivity contribution is 0.188. The van der Waals surface area contributed by atoms with Crippen molar-refractivity contribution in [3.8, 4) is 0 Å². The lowest BCUT2D eigenvalue weighted by Crippen LogP contribution is -2.43. The van der Waals surface area contributed by atoms with Crippen LogP contribution in [0.2, 0.25) is 5.02 Å². The number of hydrogen-bond acceptors (Lipinski definition) is 2. The van der Waals surface area contributed by atoms with Gasteiger partial charge >= 0.3 is 0 Å². The highest BCUT2D eigenvalue weighted by atomic mass is 35.5. The minimum Gasteiger partial charge on any atom is -0.316 e. The number of benzene rings is 1. The molecule has 0 radical (unpaired) electrons. The fourth-order valence-corrected chi connectivity index (χ4v) is 2.52. The summed E-state index contributed by atoms with van der Waals surface area (Å²) in [6.45, 7) is 2.79. The van der Waals surface area contributed by atoms with Gasteiger partial charge in [0.25, 0.3) is 0 Å². The minimum atomic E-state index is -0.216. The topological polar surface area (TPSA) is 15.3 Å². The summed E-state index contributed by atoms with van der Waals surface area (Å²) in [5.74, 6) is -0.216. The summed E-state index contributed by atoms with van der Waals surface area (Å²) in [7, 11) is 1.99. The first kappa shape index (κ1) is 12.8. The molecule has 0 spiro atoms. The Morgan fingerprint density at radius 2 is 2.35 bits per heavy atom. The minimum absolute atomic E-state index is 0.216.